The van der Waals surface area contributed by atoms with E-state index in [1.807, 2.05) is 0 Å². The lowest BCUT2D eigenvalue weighted by Gasteiger charge is -2.24. The molecule has 9 rings (SSSR count). The highest BCUT2D eigenvalue weighted by Gasteiger charge is 2.36. The highest BCUT2D eigenvalue weighted by Crippen LogP contribution is 2.55. The Balaban J connectivity index is 1.22. The second kappa shape index (κ2) is 18.1. The lowest BCUT2D eigenvalue weighted by Crippen LogP contribution is -2.09. The highest BCUT2D eigenvalue weighted by molar-refractivity contribution is 7.49. The van der Waals surface area contributed by atoms with E-state index >= 15 is 4.57 Å². The van der Waals surface area contributed by atoms with Gasteiger partial charge in [0.2, 0.25) is 0 Å². The monoisotopic (exact) mass is 890 g/mol. The predicted octanol–water partition coefficient (Wildman–Crippen LogP) is 16.2. The van der Waals surface area contributed by atoms with Crippen LogP contribution in [0.1, 0.15) is 0 Å². The van der Waals surface area contributed by atoms with Crippen LogP contribution in [0.3, 0.4) is 0 Å². The van der Waals surface area contributed by atoms with Gasteiger partial charge in [-0.2, -0.15) is 4.57 Å². The lowest BCUT2D eigenvalue weighted by atomic mass is 9.98. The van der Waals surface area contributed by atoms with Gasteiger partial charge in [-0.05, 0) is 159 Å². The molecular formula is C54H33F6O4P. The molecule has 0 bridgehead atoms. The van der Waals surface area contributed by atoms with Crippen LogP contribution in [0.15, 0.2) is 200 Å². The summed E-state index contributed by atoms with van der Waals surface area (Å²) in [5, 5.41) is 0. The maximum Gasteiger partial charge on any atom is 0.647 e. The number of hydrogen-bond acceptors (Lipinski definition) is 4. The molecule has 0 aliphatic rings. The zero-order valence-corrected chi connectivity index (χ0v) is 34.8. The molecule has 0 saturated heterocycles. The first kappa shape index (κ1) is 42.5. The zero-order valence-electron chi connectivity index (χ0n) is 33.9. The number of halogens is 6. The standard InChI is InChI=1S/C54H33F6O4P/c55-43-16-1-34(2-17-43)40-13-28-52(49(31-40)37-7-22-46(58)23-8-37)62-65(61,63-53-29-14-41(35-3-18-44(56)19-4-35)32-50(53)38-9-24-47(59)25-10-38)64-54-30-15-42(36-5-20-45(57)21-6-36)33-51(54)39-11-26-48(60)27-12-39/h1-33H. The van der Waals surface area contributed by atoms with Crippen LogP contribution in [0.4, 0.5) is 26.3 Å². The molecule has 0 saturated carbocycles. The molecule has 0 spiro atoms. The van der Waals surface area contributed by atoms with Gasteiger partial charge >= 0.3 is 7.82 Å². The molecule has 9 aromatic rings. The van der Waals surface area contributed by atoms with Crippen molar-refractivity contribution in [3.63, 3.8) is 0 Å². The molecule has 11 heteroatoms. The van der Waals surface area contributed by atoms with Crippen LogP contribution in [-0.4, -0.2) is 0 Å². The fourth-order valence-electron chi connectivity index (χ4n) is 7.28. The van der Waals surface area contributed by atoms with Crippen LogP contribution >= 0.6 is 7.82 Å². The summed E-state index contributed by atoms with van der Waals surface area (Å²) in [5.74, 6) is -2.83. The van der Waals surface area contributed by atoms with Crippen molar-refractivity contribution in [2.45, 2.75) is 0 Å². The summed E-state index contributed by atoms with van der Waals surface area (Å²) in [5.41, 5.74) is 6.22. The Morgan fingerprint density at radius 2 is 0.431 bits per heavy atom. The second-order valence-corrected chi connectivity index (χ2v) is 16.3. The summed E-state index contributed by atoms with van der Waals surface area (Å²) < 4.78 is 120. The van der Waals surface area contributed by atoms with E-state index in [4.69, 9.17) is 13.6 Å². The molecule has 0 fully saturated rings. The fourth-order valence-corrected chi connectivity index (χ4v) is 8.59. The Morgan fingerprint density at radius 3 is 0.646 bits per heavy atom. The minimum atomic E-state index is -5.01. The van der Waals surface area contributed by atoms with E-state index in [0.717, 1.165) is 0 Å². The summed E-state index contributed by atoms with van der Waals surface area (Å²) in [6.45, 7) is 0. The van der Waals surface area contributed by atoms with Gasteiger partial charge in [0.05, 0.1) is 0 Å². The number of phosphoric acid groups is 1. The molecule has 0 unspecified atom stereocenters. The van der Waals surface area contributed by atoms with E-state index in [-0.39, 0.29) is 17.2 Å². The van der Waals surface area contributed by atoms with Gasteiger partial charge in [-0.25, -0.2) is 26.3 Å². The van der Waals surface area contributed by atoms with Crippen molar-refractivity contribution in [3.8, 4) is 84.0 Å². The van der Waals surface area contributed by atoms with Crippen LogP contribution in [0, 0.1) is 34.9 Å². The lowest BCUT2D eigenvalue weighted by molar-refractivity contribution is 0.299. The zero-order chi connectivity index (χ0) is 45.1. The molecule has 0 heterocycles. The summed E-state index contributed by atoms with van der Waals surface area (Å²) >= 11 is 0. The van der Waals surface area contributed by atoms with Crippen molar-refractivity contribution in [2.75, 3.05) is 0 Å². The van der Waals surface area contributed by atoms with Crippen molar-refractivity contribution in [1.82, 2.24) is 0 Å². The normalized spacial score (nSPS) is 11.3. The third-order valence-corrected chi connectivity index (χ3v) is 11.8. The minimum absolute atomic E-state index is 0.0108. The molecule has 0 radical (unpaired) electrons. The fraction of sp³-hybridized carbons (Fsp3) is 0. The van der Waals surface area contributed by atoms with Crippen LogP contribution < -0.4 is 13.6 Å². The molecule has 0 aliphatic carbocycles. The Kier molecular flexibility index (Phi) is 11.8. The average Bonchev–Trinajstić information content (AvgIpc) is 3.31. The summed E-state index contributed by atoms with van der Waals surface area (Å²) in [7, 11) is -5.01. The van der Waals surface area contributed by atoms with Crippen molar-refractivity contribution in [1.29, 1.82) is 0 Å². The molecule has 9 aromatic carbocycles. The van der Waals surface area contributed by atoms with Gasteiger partial charge in [0.25, 0.3) is 0 Å². The average molecular weight is 891 g/mol. The van der Waals surface area contributed by atoms with Crippen molar-refractivity contribution >= 4 is 7.82 Å². The Bertz CT molecular complexity index is 2840. The van der Waals surface area contributed by atoms with Gasteiger partial charge < -0.3 is 13.6 Å². The smallest absolute Gasteiger partial charge is 0.385 e. The molecular weight excluding hydrogens is 858 g/mol. The Hall–Kier alpha value is -7.81. The molecule has 0 amide bonds. The summed E-state index contributed by atoms with van der Waals surface area (Å²) in [4.78, 5) is 0. The van der Waals surface area contributed by atoms with Gasteiger partial charge in [0.1, 0.15) is 52.2 Å². The number of phosphoric ester groups is 1. The van der Waals surface area contributed by atoms with E-state index in [1.54, 1.807) is 72.8 Å². The molecule has 65 heavy (non-hydrogen) atoms. The van der Waals surface area contributed by atoms with Crippen LogP contribution in [0.25, 0.3) is 66.8 Å². The molecule has 320 valence electrons. The maximum absolute atomic E-state index is 15.8. The van der Waals surface area contributed by atoms with E-state index < -0.39 is 42.7 Å². The largest absolute Gasteiger partial charge is 0.647 e. The number of rotatable bonds is 12. The quantitative estimate of drug-likeness (QED) is 0.0905. The predicted molar refractivity (Wildman–Crippen MR) is 241 cm³/mol. The van der Waals surface area contributed by atoms with Crippen LogP contribution in [0.2, 0.25) is 0 Å². The first-order valence-electron chi connectivity index (χ1n) is 20.1. The molecule has 4 nitrogen and oxygen atoms in total. The third kappa shape index (κ3) is 9.74. The summed E-state index contributed by atoms with van der Waals surface area (Å²) in [6.07, 6.45) is 0. The summed E-state index contributed by atoms with van der Waals surface area (Å²) in [6, 6.07) is 48.8. The highest BCUT2D eigenvalue weighted by atomic mass is 31.2. The van der Waals surface area contributed by atoms with Gasteiger partial charge in [-0.1, -0.05) is 91.0 Å². The van der Waals surface area contributed by atoms with Gasteiger partial charge in [-0.15, -0.1) is 0 Å². The van der Waals surface area contributed by atoms with Crippen LogP contribution in [-0.2, 0) is 4.57 Å². The minimum Gasteiger partial charge on any atom is -0.385 e. The van der Waals surface area contributed by atoms with E-state index in [9.17, 15) is 26.3 Å². The molecule has 0 atom stereocenters. The topological polar surface area (TPSA) is 44.8 Å². The van der Waals surface area contributed by atoms with Crippen molar-refractivity contribution in [3.05, 3.63) is 235 Å². The Morgan fingerprint density at radius 1 is 0.246 bits per heavy atom. The molecule has 0 N–H and O–H groups in total. The Labute approximate surface area is 370 Å². The van der Waals surface area contributed by atoms with Gasteiger partial charge in [0, 0.05) is 16.7 Å². The molecule has 0 aromatic heterocycles. The third-order valence-electron chi connectivity index (χ3n) is 10.6. The molecule has 0 aliphatic heterocycles. The number of hydrogen-bond donors (Lipinski definition) is 0. The first-order valence-corrected chi connectivity index (χ1v) is 21.6. The second-order valence-electron chi connectivity index (χ2n) is 14.9. The van der Waals surface area contributed by atoms with Crippen molar-refractivity contribution in [2.24, 2.45) is 0 Å². The van der Waals surface area contributed by atoms with Gasteiger partial charge in [0.15, 0.2) is 0 Å². The number of benzene rings is 9. The van der Waals surface area contributed by atoms with Gasteiger partial charge in [-0.3, -0.25) is 0 Å². The van der Waals surface area contributed by atoms with E-state index in [1.165, 1.54) is 127 Å². The van der Waals surface area contributed by atoms with E-state index in [2.05, 4.69) is 0 Å². The van der Waals surface area contributed by atoms with E-state index in [0.29, 0.717) is 66.8 Å². The SMILES string of the molecule is O=P(Oc1ccc(-c2ccc(F)cc2)cc1-c1ccc(F)cc1)(Oc1ccc(-c2ccc(F)cc2)cc1-c1ccc(F)cc1)Oc1ccc(-c2ccc(F)cc2)cc1-c1ccc(F)cc1. The first-order chi connectivity index (χ1) is 31.4. The van der Waals surface area contributed by atoms with Crippen molar-refractivity contribution < 1.29 is 44.5 Å². The maximum atomic E-state index is 15.8. The van der Waals surface area contributed by atoms with Crippen LogP contribution in [0.5, 0.6) is 17.2 Å².